The molecule has 0 amide bonds. The maximum atomic E-state index is 13.3. The summed E-state index contributed by atoms with van der Waals surface area (Å²) in [6.07, 6.45) is -1.33. The summed E-state index contributed by atoms with van der Waals surface area (Å²) in [4.78, 5) is 13.4. The van der Waals surface area contributed by atoms with Gasteiger partial charge in [0.1, 0.15) is 5.69 Å². The van der Waals surface area contributed by atoms with Crippen molar-refractivity contribution >= 4 is 46.4 Å². The summed E-state index contributed by atoms with van der Waals surface area (Å²) in [7, 11) is -1.34. The normalized spacial score (nSPS) is 11.8. The summed E-state index contributed by atoms with van der Waals surface area (Å²) in [6, 6.07) is 48.6. The number of furan rings is 1. The van der Waals surface area contributed by atoms with Gasteiger partial charge in [-0.05, 0) is 59.1 Å². The Kier molecular flexibility index (Phi) is 11.9. The molecule has 0 spiro atoms. The first-order valence-corrected chi connectivity index (χ1v) is 22.8. The van der Waals surface area contributed by atoms with Crippen LogP contribution in [0.3, 0.4) is 0 Å². The van der Waals surface area contributed by atoms with E-state index in [2.05, 4.69) is 80.0 Å². The van der Waals surface area contributed by atoms with Crippen molar-refractivity contribution in [1.29, 1.82) is 0 Å². The molecule has 0 unspecified atom stereocenters. The number of halogens is 3. The molecule has 299 valence electrons. The molecule has 0 bridgehead atoms. The van der Waals surface area contributed by atoms with Gasteiger partial charge >= 0.3 is 6.18 Å². The molecule has 0 aliphatic rings. The predicted molar refractivity (Wildman–Crippen MR) is 231 cm³/mol. The van der Waals surface area contributed by atoms with Crippen molar-refractivity contribution < 1.29 is 37.7 Å². The van der Waals surface area contributed by atoms with Crippen LogP contribution in [0, 0.1) is 18.1 Å². The van der Waals surface area contributed by atoms with Gasteiger partial charge in [-0.15, -0.1) is 54.1 Å². The van der Waals surface area contributed by atoms with E-state index in [9.17, 15) is 13.2 Å². The molecule has 10 heteroatoms. The van der Waals surface area contributed by atoms with Gasteiger partial charge in [0.05, 0.1) is 30.5 Å². The number of fused-ring (bicyclic) bond motifs is 4. The smallest absolute Gasteiger partial charge is 0.433 e. The molecule has 0 saturated heterocycles. The minimum atomic E-state index is -4.57. The van der Waals surface area contributed by atoms with E-state index >= 15 is 0 Å². The SMILES string of the molecule is CC(C)Cc1cc(-c2[c-]cccc2)ncc1[Si](C)(C)C.FC(F)(F)c1ccc2c(n1)oc1c(-c3nc4ccccc4n3-c3ccccc3-c3ccccc3)[c-]ccc12.[Ir]. The number of hydrogen-bond donors (Lipinski definition) is 0. The van der Waals surface area contributed by atoms with Gasteiger partial charge in [-0.2, -0.15) is 13.2 Å². The second-order valence-electron chi connectivity index (χ2n) is 15.7. The Morgan fingerprint density at radius 1 is 0.763 bits per heavy atom. The third kappa shape index (κ3) is 8.57. The molecule has 0 atom stereocenters. The largest absolute Gasteiger partial charge is 0.486 e. The number of benzene rings is 5. The molecule has 0 aliphatic carbocycles. The van der Waals surface area contributed by atoms with Crippen molar-refractivity contribution in [3.63, 3.8) is 0 Å². The van der Waals surface area contributed by atoms with Gasteiger partial charge in [0.2, 0.25) is 5.71 Å². The summed E-state index contributed by atoms with van der Waals surface area (Å²) < 4.78 is 48.0. The average molecular weight is 979 g/mol. The third-order valence-corrected chi connectivity index (χ3v) is 12.1. The minimum Gasteiger partial charge on any atom is -0.486 e. The van der Waals surface area contributed by atoms with Crippen LogP contribution in [0.5, 0.6) is 0 Å². The Morgan fingerprint density at radius 2 is 1.49 bits per heavy atom. The molecule has 0 fully saturated rings. The minimum absolute atomic E-state index is 0. The number of aromatic nitrogens is 4. The molecule has 1 radical (unpaired) electrons. The molecular weight excluding hydrogens is 938 g/mol. The number of pyridine rings is 2. The molecule has 0 N–H and O–H groups in total. The predicted octanol–water partition coefficient (Wildman–Crippen LogP) is 12.8. The zero-order valence-electron chi connectivity index (χ0n) is 33.2. The fraction of sp³-hybridized carbons (Fsp3) is 0.163. The fourth-order valence-corrected chi connectivity index (χ4v) is 8.98. The van der Waals surface area contributed by atoms with E-state index in [1.165, 1.54) is 16.8 Å². The van der Waals surface area contributed by atoms with Crippen LogP contribution < -0.4 is 5.19 Å². The van der Waals surface area contributed by atoms with E-state index in [0.29, 0.717) is 33.7 Å². The zero-order valence-corrected chi connectivity index (χ0v) is 36.6. The standard InChI is InChI=1S/C31H17F3N3O.C18H24NSi.Ir/c32-31(33,34)27-18-17-22-21-12-8-13-23(28(21)38-30(22)36-27)29-35-24-14-5-7-16-26(24)37(29)25-15-6-4-11-20(25)19-9-2-1-3-10-19;1-14(2)11-16-12-17(15-9-7-6-8-10-15)19-13-18(16)20(3,4)5;/h1-12,14-18H;6-9,12-14H,11H2,1-5H3;/q2*-1;. The van der Waals surface area contributed by atoms with E-state index in [4.69, 9.17) is 9.40 Å². The molecule has 9 rings (SSSR count). The number of alkyl halides is 3. The van der Waals surface area contributed by atoms with Crippen LogP contribution in [0.1, 0.15) is 25.1 Å². The van der Waals surface area contributed by atoms with Gasteiger partial charge in [-0.1, -0.05) is 117 Å². The molecule has 4 aromatic heterocycles. The van der Waals surface area contributed by atoms with Crippen molar-refractivity contribution in [3.05, 3.63) is 163 Å². The van der Waals surface area contributed by atoms with Gasteiger partial charge in [0, 0.05) is 42.9 Å². The summed E-state index contributed by atoms with van der Waals surface area (Å²) in [6.45, 7) is 11.7. The van der Waals surface area contributed by atoms with Crippen LogP contribution in [0.4, 0.5) is 13.2 Å². The monoisotopic (exact) mass is 979 g/mol. The van der Waals surface area contributed by atoms with E-state index < -0.39 is 19.9 Å². The molecule has 5 nitrogen and oxygen atoms in total. The van der Waals surface area contributed by atoms with Crippen LogP contribution in [-0.2, 0) is 32.7 Å². The molecular formula is C49H41F3IrN4OSi-2. The van der Waals surface area contributed by atoms with Gasteiger partial charge in [-0.25, -0.2) is 4.98 Å². The number of imidazole rings is 1. The number of nitrogens with zero attached hydrogens (tertiary/aromatic N) is 4. The maximum Gasteiger partial charge on any atom is 0.433 e. The zero-order chi connectivity index (χ0) is 40.6. The summed E-state index contributed by atoms with van der Waals surface area (Å²) in [5.41, 5.74) is 8.03. The fourth-order valence-electron chi connectivity index (χ4n) is 7.40. The Hall–Kier alpha value is -5.67. The van der Waals surface area contributed by atoms with Crippen molar-refractivity contribution in [2.45, 2.75) is 46.1 Å². The van der Waals surface area contributed by atoms with Crippen LogP contribution >= 0.6 is 0 Å². The van der Waals surface area contributed by atoms with Crippen molar-refractivity contribution in [2.75, 3.05) is 0 Å². The summed E-state index contributed by atoms with van der Waals surface area (Å²) in [5.74, 6) is 1.23. The maximum absolute atomic E-state index is 13.3. The molecule has 0 aliphatic heterocycles. The van der Waals surface area contributed by atoms with Crippen LogP contribution in [-0.4, -0.2) is 27.6 Å². The second-order valence-corrected chi connectivity index (χ2v) is 20.8. The van der Waals surface area contributed by atoms with Crippen LogP contribution in [0.2, 0.25) is 19.6 Å². The number of rotatable bonds is 7. The van der Waals surface area contributed by atoms with E-state index in [0.717, 1.165) is 51.6 Å². The molecule has 59 heavy (non-hydrogen) atoms. The van der Waals surface area contributed by atoms with Crippen molar-refractivity contribution in [3.8, 4) is 39.5 Å². The number of para-hydroxylation sites is 3. The first-order chi connectivity index (χ1) is 27.9. The molecule has 4 heterocycles. The first kappa shape index (κ1) is 41.5. The molecule has 0 saturated carbocycles. The Morgan fingerprint density at radius 3 is 2.22 bits per heavy atom. The van der Waals surface area contributed by atoms with Crippen molar-refractivity contribution in [2.24, 2.45) is 5.92 Å². The van der Waals surface area contributed by atoms with Crippen LogP contribution in [0.25, 0.3) is 72.6 Å². The summed E-state index contributed by atoms with van der Waals surface area (Å²) >= 11 is 0. The average Bonchev–Trinajstić information content (AvgIpc) is 3.79. The topological polar surface area (TPSA) is 56.7 Å². The number of hydrogen-bond acceptors (Lipinski definition) is 4. The van der Waals surface area contributed by atoms with Gasteiger partial charge in [-0.3, -0.25) is 4.98 Å². The van der Waals surface area contributed by atoms with Gasteiger partial charge < -0.3 is 14.0 Å². The Balaban J connectivity index is 0.000000214. The quantitative estimate of drug-likeness (QED) is 0.118. The first-order valence-electron chi connectivity index (χ1n) is 19.3. The van der Waals surface area contributed by atoms with Gasteiger partial charge in [0.25, 0.3) is 0 Å². The van der Waals surface area contributed by atoms with E-state index in [1.807, 2.05) is 95.6 Å². The van der Waals surface area contributed by atoms with Crippen molar-refractivity contribution in [1.82, 2.24) is 19.5 Å². The molecule has 9 aromatic rings. The van der Waals surface area contributed by atoms with Crippen LogP contribution in [0.15, 0.2) is 144 Å². The second kappa shape index (κ2) is 16.9. The van der Waals surface area contributed by atoms with E-state index in [1.54, 1.807) is 12.1 Å². The summed E-state index contributed by atoms with van der Waals surface area (Å²) in [5, 5.41) is 2.63. The third-order valence-electron chi connectivity index (χ3n) is 10.0. The Bertz CT molecular complexity index is 2880. The van der Waals surface area contributed by atoms with E-state index in [-0.39, 0.29) is 25.8 Å². The molecule has 5 aromatic carbocycles. The van der Waals surface area contributed by atoms with Gasteiger partial charge in [0.15, 0.2) is 0 Å². The Labute approximate surface area is 356 Å².